The zero-order valence-electron chi connectivity index (χ0n) is 9.75. The van der Waals surface area contributed by atoms with Gasteiger partial charge in [-0.05, 0) is 13.5 Å². The smallest absolute Gasteiger partial charge is 0.223 e. The molecule has 4 heteroatoms. The zero-order chi connectivity index (χ0) is 11.4. The molecule has 0 bridgehead atoms. The van der Waals surface area contributed by atoms with Crippen molar-refractivity contribution in [2.45, 2.75) is 32.2 Å². The molecule has 4 nitrogen and oxygen atoms in total. The lowest BCUT2D eigenvalue weighted by molar-refractivity contribution is -0.124. The monoisotopic (exact) mass is 212 g/mol. The van der Waals surface area contributed by atoms with Crippen molar-refractivity contribution in [2.24, 2.45) is 5.92 Å². The minimum Gasteiger partial charge on any atom is -0.359 e. The Morgan fingerprint density at radius 2 is 2.33 bits per heavy atom. The van der Waals surface area contributed by atoms with Gasteiger partial charge in [0.1, 0.15) is 5.78 Å². The fraction of sp³-hybridized carbons (Fsp3) is 0.818. The summed E-state index contributed by atoms with van der Waals surface area (Å²) in [5, 5.41) is 2.64. The Hall–Kier alpha value is -0.900. The van der Waals surface area contributed by atoms with Crippen molar-refractivity contribution in [3.63, 3.8) is 0 Å². The van der Waals surface area contributed by atoms with Crippen molar-refractivity contribution in [1.82, 2.24) is 10.2 Å². The molecule has 1 amide bonds. The maximum absolute atomic E-state index is 11.3. The van der Waals surface area contributed by atoms with Gasteiger partial charge in [-0.3, -0.25) is 9.59 Å². The highest BCUT2D eigenvalue weighted by Gasteiger charge is 2.27. The van der Waals surface area contributed by atoms with Crippen LogP contribution in [0, 0.1) is 5.92 Å². The van der Waals surface area contributed by atoms with Gasteiger partial charge < -0.3 is 10.2 Å². The van der Waals surface area contributed by atoms with E-state index in [1.54, 1.807) is 7.05 Å². The summed E-state index contributed by atoms with van der Waals surface area (Å²) in [7, 11) is 3.64. The molecular weight excluding hydrogens is 192 g/mol. The second-order valence-electron chi connectivity index (χ2n) is 4.39. The molecule has 1 aliphatic carbocycles. The highest BCUT2D eigenvalue weighted by Crippen LogP contribution is 2.20. The summed E-state index contributed by atoms with van der Waals surface area (Å²) >= 11 is 0. The number of ketones is 1. The van der Waals surface area contributed by atoms with Gasteiger partial charge in [0.15, 0.2) is 0 Å². The molecule has 15 heavy (non-hydrogen) atoms. The Balaban J connectivity index is 2.38. The van der Waals surface area contributed by atoms with E-state index < -0.39 is 0 Å². The van der Waals surface area contributed by atoms with Crippen molar-refractivity contribution in [3.05, 3.63) is 0 Å². The van der Waals surface area contributed by atoms with E-state index in [2.05, 4.69) is 10.2 Å². The molecule has 0 aromatic rings. The Kier molecular flexibility index (Phi) is 4.27. The van der Waals surface area contributed by atoms with E-state index >= 15 is 0 Å². The lowest BCUT2D eigenvalue weighted by atomic mass is 10.1. The fourth-order valence-electron chi connectivity index (χ4n) is 2.08. The quantitative estimate of drug-likeness (QED) is 0.735. The summed E-state index contributed by atoms with van der Waals surface area (Å²) in [4.78, 5) is 24.6. The van der Waals surface area contributed by atoms with Gasteiger partial charge in [-0.15, -0.1) is 0 Å². The van der Waals surface area contributed by atoms with Gasteiger partial charge in [-0.2, -0.15) is 0 Å². The van der Waals surface area contributed by atoms with Crippen molar-refractivity contribution in [1.29, 1.82) is 0 Å². The third-order valence-corrected chi connectivity index (χ3v) is 3.10. The molecule has 1 aliphatic rings. The van der Waals surface area contributed by atoms with Crippen LogP contribution < -0.4 is 5.32 Å². The SMILES string of the molecule is CNC(=O)C(C)CN(C)C1CCC(=O)C1. The number of rotatable bonds is 4. The van der Waals surface area contributed by atoms with Gasteiger partial charge in [-0.25, -0.2) is 0 Å². The molecule has 0 heterocycles. The van der Waals surface area contributed by atoms with Crippen LogP contribution >= 0.6 is 0 Å². The predicted octanol–water partition coefficient (Wildman–Crippen LogP) is 0.422. The molecule has 1 N–H and O–H groups in total. The third kappa shape index (κ3) is 3.30. The lowest BCUT2D eigenvalue weighted by Gasteiger charge is -2.25. The number of nitrogens with zero attached hydrogens (tertiary/aromatic N) is 1. The molecule has 0 saturated heterocycles. The maximum atomic E-state index is 11.3. The van der Waals surface area contributed by atoms with Gasteiger partial charge >= 0.3 is 0 Å². The standard InChI is InChI=1S/C11H20N2O2/c1-8(11(15)12-2)7-13(3)9-4-5-10(14)6-9/h8-9H,4-7H2,1-3H3,(H,12,15). The van der Waals surface area contributed by atoms with Crippen LogP contribution in [0.5, 0.6) is 0 Å². The van der Waals surface area contributed by atoms with Gasteiger partial charge in [0.05, 0.1) is 0 Å². The molecule has 0 aliphatic heterocycles. The first kappa shape index (κ1) is 12.2. The third-order valence-electron chi connectivity index (χ3n) is 3.10. The summed E-state index contributed by atoms with van der Waals surface area (Å²) in [5.41, 5.74) is 0. The molecule has 1 rings (SSSR count). The highest BCUT2D eigenvalue weighted by molar-refractivity contribution is 5.81. The molecule has 0 spiro atoms. The first-order valence-electron chi connectivity index (χ1n) is 5.48. The number of Topliss-reactive ketones (excluding diaryl/α,β-unsaturated/α-hetero) is 1. The molecule has 2 unspecified atom stereocenters. The second kappa shape index (κ2) is 5.26. The molecule has 86 valence electrons. The number of hydrogen-bond acceptors (Lipinski definition) is 3. The van der Waals surface area contributed by atoms with Crippen LogP contribution in [0.25, 0.3) is 0 Å². The largest absolute Gasteiger partial charge is 0.359 e. The van der Waals surface area contributed by atoms with Crippen LogP contribution in [0.15, 0.2) is 0 Å². The van der Waals surface area contributed by atoms with Gasteiger partial charge in [0.25, 0.3) is 0 Å². The topological polar surface area (TPSA) is 49.4 Å². The number of carbonyl (C=O) groups is 2. The van der Waals surface area contributed by atoms with Gasteiger partial charge in [0, 0.05) is 38.4 Å². The van der Waals surface area contributed by atoms with Crippen LogP contribution in [0.3, 0.4) is 0 Å². The van der Waals surface area contributed by atoms with Crippen molar-refractivity contribution in [2.75, 3.05) is 20.6 Å². The lowest BCUT2D eigenvalue weighted by Crippen LogP contribution is -2.38. The molecular formula is C11H20N2O2. The number of carbonyl (C=O) groups excluding carboxylic acids is 2. The number of nitrogens with one attached hydrogen (secondary N) is 1. The molecule has 0 aromatic heterocycles. The molecule has 2 atom stereocenters. The molecule has 1 saturated carbocycles. The van der Waals surface area contributed by atoms with E-state index in [-0.39, 0.29) is 11.8 Å². The average Bonchev–Trinajstić information content (AvgIpc) is 2.63. The minimum absolute atomic E-state index is 0.0179. The Labute approximate surface area is 91.0 Å². The first-order chi connectivity index (χ1) is 7.04. The van der Waals surface area contributed by atoms with E-state index in [1.807, 2.05) is 14.0 Å². The van der Waals surface area contributed by atoms with E-state index in [0.29, 0.717) is 24.7 Å². The summed E-state index contributed by atoms with van der Waals surface area (Å²) < 4.78 is 0. The van der Waals surface area contributed by atoms with Crippen molar-refractivity contribution >= 4 is 11.7 Å². The average molecular weight is 212 g/mol. The van der Waals surface area contributed by atoms with Crippen LogP contribution in [-0.4, -0.2) is 43.3 Å². The Morgan fingerprint density at radius 3 is 2.80 bits per heavy atom. The minimum atomic E-state index is -0.0179. The van der Waals surface area contributed by atoms with Gasteiger partial charge in [-0.1, -0.05) is 6.92 Å². The van der Waals surface area contributed by atoms with Crippen LogP contribution in [0.4, 0.5) is 0 Å². The maximum Gasteiger partial charge on any atom is 0.223 e. The van der Waals surface area contributed by atoms with Crippen molar-refractivity contribution in [3.8, 4) is 0 Å². The fourth-order valence-corrected chi connectivity index (χ4v) is 2.08. The summed E-state index contributed by atoms with van der Waals surface area (Å²) in [5.74, 6) is 0.390. The van der Waals surface area contributed by atoms with Crippen LogP contribution in [0.2, 0.25) is 0 Å². The zero-order valence-corrected chi connectivity index (χ0v) is 9.75. The molecule has 0 aromatic carbocycles. The first-order valence-corrected chi connectivity index (χ1v) is 5.48. The van der Waals surface area contributed by atoms with E-state index in [4.69, 9.17) is 0 Å². The van der Waals surface area contributed by atoms with Crippen LogP contribution in [-0.2, 0) is 9.59 Å². The summed E-state index contributed by atoms with van der Waals surface area (Å²) in [6.45, 7) is 2.63. The number of amides is 1. The normalized spacial score (nSPS) is 23.2. The Bertz CT molecular complexity index is 253. The Morgan fingerprint density at radius 1 is 1.67 bits per heavy atom. The van der Waals surface area contributed by atoms with E-state index in [1.165, 1.54) is 0 Å². The molecule has 1 fully saturated rings. The summed E-state index contributed by atoms with van der Waals surface area (Å²) in [6.07, 6.45) is 2.29. The van der Waals surface area contributed by atoms with Crippen molar-refractivity contribution < 1.29 is 9.59 Å². The predicted molar refractivity (Wildman–Crippen MR) is 58.5 cm³/mol. The number of hydrogen-bond donors (Lipinski definition) is 1. The van der Waals surface area contributed by atoms with E-state index in [9.17, 15) is 9.59 Å². The highest BCUT2D eigenvalue weighted by atomic mass is 16.1. The molecule has 0 radical (unpaired) electrons. The van der Waals surface area contributed by atoms with Crippen LogP contribution in [0.1, 0.15) is 26.2 Å². The second-order valence-corrected chi connectivity index (χ2v) is 4.39. The van der Waals surface area contributed by atoms with E-state index in [0.717, 1.165) is 13.0 Å². The van der Waals surface area contributed by atoms with Gasteiger partial charge in [0.2, 0.25) is 5.91 Å². The summed E-state index contributed by atoms with van der Waals surface area (Å²) in [6, 6.07) is 0.338.